The van der Waals surface area contributed by atoms with Gasteiger partial charge in [0.05, 0.1) is 11.9 Å². The standard InChI is InChI=1S/C19H12F3N5O2/c20-19(21,22)29-13-8-4-7-12(9-13)14-10-24-16(23)15(25-14)18-27-26-17(28-18)11-5-2-1-3-6-11/h1-10H,(H2,23,24). The van der Waals surface area contributed by atoms with Crippen molar-refractivity contribution in [1.82, 2.24) is 20.2 Å². The van der Waals surface area contributed by atoms with Gasteiger partial charge in [-0.1, -0.05) is 30.3 Å². The summed E-state index contributed by atoms with van der Waals surface area (Å²) in [5.74, 6) is -0.0230. The molecule has 0 spiro atoms. The smallest absolute Gasteiger partial charge is 0.414 e. The number of aromatic nitrogens is 4. The van der Waals surface area contributed by atoms with Crippen molar-refractivity contribution in [2.45, 2.75) is 6.36 Å². The number of alkyl halides is 3. The van der Waals surface area contributed by atoms with E-state index in [4.69, 9.17) is 10.2 Å². The van der Waals surface area contributed by atoms with Crippen molar-refractivity contribution in [3.63, 3.8) is 0 Å². The van der Waals surface area contributed by atoms with Crippen molar-refractivity contribution in [3.8, 4) is 40.0 Å². The quantitative estimate of drug-likeness (QED) is 0.545. The van der Waals surface area contributed by atoms with Gasteiger partial charge in [0.1, 0.15) is 5.75 Å². The molecule has 0 amide bonds. The summed E-state index contributed by atoms with van der Waals surface area (Å²) < 4.78 is 47.0. The summed E-state index contributed by atoms with van der Waals surface area (Å²) in [6, 6.07) is 14.5. The van der Waals surface area contributed by atoms with Crippen molar-refractivity contribution in [3.05, 3.63) is 60.8 Å². The number of halogens is 3. The minimum absolute atomic E-state index is 0.0402. The predicted octanol–water partition coefficient (Wildman–Crippen LogP) is 4.34. The van der Waals surface area contributed by atoms with E-state index in [0.29, 0.717) is 11.1 Å². The van der Waals surface area contributed by atoms with Crippen LogP contribution in [-0.2, 0) is 0 Å². The molecule has 2 aromatic carbocycles. The second kappa shape index (κ2) is 7.23. The average molecular weight is 399 g/mol. The summed E-state index contributed by atoms with van der Waals surface area (Å²) in [6.07, 6.45) is -3.46. The van der Waals surface area contributed by atoms with Crippen LogP contribution in [0.25, 0.3) is 34.3 Å². The van der Waals surface area contributed by atoms with Gasteiger partial charge < -0.3 is 14.9 Å². The van der Waals surface area contributed by atoms with Crippen molar-refractivity contribution in [2.24, 2.45) is 0 Å². The first-order valence-electron chi connectivity index (χ1n) is 8.27. The molecule has 0 radical (unpaired) electrons. The summed E-state index contributed by atoms with van der Waals surface area (Å²) in [5, 5.41) is 7.93. The number of ether oxygens (including phenoxy) is 1. The molecule has 0 fully saturated rings. The summed E-state index contributed by atoms with van der Waals surface area (Å²) in [6.45, 7) is 0. The van der Waals surface area contributed by atoms with Crippen molar-refractivity contribution in [2.75, 3.05) is 5.73 Å². The van der Waals surface area contributed by atoms with Crippen molar-refractivity contribution in [1.29, 1.82) is 0 Å². The van der Waals surface area contributed by atoms with Crippen LogP contribution in [0.1, 0.15) is 0 Å². The Morgan fingerprint density at radius 2 is 1.62 bits per heavy atom. The highest BCUT2D eigenvalue weighted by Crippen LogP contribution is 2.30. The van der Waals surface area contributed by atoms with Gasteiger partial charge in [-0.3, -0.25) is 0 Å². The Morgan fingerprint density at radius 1 is 0.897 bits per heavy atom. The fourth-order valence-electron chi connectivity index (χ4n) is 2.56. The first-order chi connectivity index (χ1) is 13.9. The van der Waals surface area contributed by atoms with Crippen LogP contribution in [0.15, 0.2) is 65.2 Å². The van der Waals surface area contributed by atoms with Gasteiger partial charge in [-0.25, -0.2) is 9.97 Å². The van der Waals surface area contributed by atoms with Crippen LogP contribution >= 0.6 is 0 Å². The van der Waals surface area contributed by atoms with Crippen LogP contribution in [0.5, 0.6) is 5.75 Å². The molecular weight excluding hydrogens is 387 g/mol. The van der Waals surface area contributed by atoms with Gasteiger partial charge in [-0.2, -0.15) is 0 Å². The second-order valence-electron chi connectivity index (χ2n) is 5.84. The van der Waals surface area contributed by atoms with Crippen LogP contribution in [-0.4, -0.2) is 26.5 Å². The number of rotatable bonds is 4. The molecule has 0 aliphatic heterocycles. The van der Waals surface area contributed by atoms with E-state index >= 15 is 0 Å². The molecule has 0 bridgehead atoms. The van der Waals surface area contributed by atoms with E-state index in [9.17, 15) is 13.2 Å². The molecule has 0 saturated carbocycles. The Kier molecular flexibility index (Phi) is 4.59. The van der Waals surface area contributed by atoms with Gasteiger partial charge in [0.25, 0.3) is 5.89 Å². The Balaban J connectivity index is 1.69. The van der Waals surface area contributed by atoms with E-state index in [0.717, 1.165) is 0 Å². The minimum Gasteiger partial charge on any atom is -0.414 e. The largest absolute Gasteiger partial charge is 0.573 e. The molecule has 2 N–H and O–H groups in total. The topological polar surface area (TPSA) is 100.0 Å². The molecule has 2 heterocycles. The Bertz CT molecular complexity index is 1150. The maximum atomic E-state index is 12.5. The van der Waals surface area contributed by atoms with Crippen molar-refractivity contribution < 1.29 is 22.3 Å². The zero-order chi connectivity index (χ0) is 20.4. The molecule has 0 saturated heterocycles. The number of nitrogens with two attached hydrogens (primary N) is 1. The third kappa shape index (κ3) is 4.15. The summed E-state index contributed by atoms with van der Waals surface area (Å²) >= 11 is 0. The first kappa shape index (κ1) is 18.4. The van der Waals surface area contributed by atoms with Gasteiger partial charge in [0.15, 0.2) is 11.5 Å². The molecule has 146 valence electrons. The lowest BCUT2D eigenvalue weighted by Gasteiger charge is -2.10. The highest BCUT2D eigenvalue weighted by molar-refractivity contribution is 5.69. The van der Waals surface area contributed by atoms with Gasteiger partial charge >= 0.3 is 6.36 Å². The predicted molar refractivity (Wildman–Crippen MR) is 97.3 cm³/mol. The Labute approximate surface area is 162 Å². The normalized spacial score (nSPS) is 11.4. The Hall–Kier alpha value is -3.95. The molecule has 29 heavy (non-hydrogen) atoms. The number of nitrogen functional groups attached to an aromatic ring is 1. The second-order valence-corrected chi connectivity index (χ2v) is 5.84. The minimum atomic E-state index is -4.80. The van der Waals surface area contributed by atoms with E-state index in [1.54, 1.807) is 18.2 Å². The molecule has 4 aromatic rings. The van der Waals surface area contributed by atoms with E-state index < -0.39 is 6.36 Å². The maximum Gasteiger partial charge on any atom is 0.573 e. The lowest BCUT2D eigenvalue weighted by Crippen LogP contribution is -2.17. The highest BCUT2D eigenvalue weighted by atomic mass is 19.4. The average Bonchev–Trinajstić information content (AvgIpc) is 3.18. The van der Waals surface area contributed by atoms with Crippen LogP contribution in [0.4, 0.5) is 19.0 Å². The Morgan fingerprint density at radius 3 is 2.38 bits per heavy atom. The molecule has 0 atom stereocenters. The van der Waals surface area contributed by atoms with Gasteiger partial charge in [-0.15, -0.1) is 23.4 Å². The molecule has 0 aliphatic rings. The molecule has 4 rings (SSSR count). The van der Waals surface area contributed by atoms with Gasteiger partial charge in [0, 0.05) is 11.1 Å². The monoisotopic (exact) mass is 399 g/mol. The number of anilines is 1. The number of hydrogen-bond acceptors (Lipinski definition) is 7. The zero-order valence-corrected chi connectivity index (χ0v) is 14.6. The molecular formula is C19H12F3N5O2. The van der Waals surface area contributed by atoms with Crippen LogP contribution in [0.3, 0.4) is 0 Å². The van der Waals surface area contributed by atoms with E-state index in [-0.39, 0.29) is 34.7 Å². The summed E-state index contributed by atoms with van der Waals surface area (Å²) in [5.41, 5.74) is 7.34. The lowest BCUT2D eigenvalue weighted by molar-refractivity contribution is -0.274. The molecule has 0 aliphatic carbocycles. The summed E-state index contributed by atoms with van der Waals surface area (Å²) in [4.78, 5) is 8.38. The number of hydrogen-bond donors (Lipinski definition) is 1. The number of nitrogens with zero attached hydrogens (tertiary/aromatic N) is 4. The SMILES string of the molecule is Nc1ncc(-c2cccc(OC(F)(F)F)c2)nc1-c1nnc(-c2ccccc2)o1. The maximum absolute atomic E-state index is 12.5. The number of benzene rings is 2. The third-order valence-electron chi connectivity index (χ3n) is 3.81. The highest BCUT2D eigenvalue weighted by Gasteiger charge is 2.31. The first-order valence-corrected chi connectivity index (χ1v) is 8.27. The van der Waals surface area contributed by atoms with E-state index in [2.05, 4.69) is 24.9 Å². The molecule has 2 aromatic heterocycles. The van der Waals surface area contributed by atoms with Crippen LogP contribution in [0.2, 0.25) is 0 Å². The molecule has 10 heteroatoms. The van der Waals surface area contributed by atoms with Crippen LogP contribution < -0.4 is 10.5 Å². The van der Waals surface area contributed by atoms with Crippen LogP contribution in [0, 0.1) is 0 Å². The zero-order valence-electron chi connectivity index (χ0n) is 14.6. The lowest BCUT2D eigenvalue weighted by atomic mass is 10.1. The molecule has 7 nitrogen and oxygen atoms in total. The third-order valence-corrected chi connectivity index (χ3v) is 3.81. The fourth-order valence-corrected chi connectivity index (χ4v) is 2.56. The van der Waals surface area contributed by atoms with Gasteiger partial charge in [-0.05, 0) is 24.3 Å². The fraction of sp³-hybridized carbons (Fsp3) is 0.0526. The van der Waals surface area contributed by atoms with E-state index in [1.165, 1.54) is 24.4 Å². The van der Waals surface area contributed by atoms with Crippen molar-refractivity contribution >= 4 is 5.82 Å². The molecule has 0 unspecified atom stereocenters. The van der Waals surface area contributed by atoms with Gasteiger partial charge in [0.2, 0.25) is 5.89 Å². The summed E-state index contributed by atoms with van der Waals surface area (Å²) in [7, 11) is 0. The van der Waals surface area contributed by atoms with E-state index in [1.807, 2.05) is 18.2 Å².